The lowest BCUT2D eigenvalue weighted by atomic mass is 10.1. The van der Waals surface area contributed by atoms with Crippen molar-refractivity contribution in [2.24, 2.45) is 5.73 Å². The Hall–Kier alpha value is -1.82. The number of halogens is 1. The van der Waals surface area contributed by atoms with E-state index in [1.807, 2.05) is 35.1 Å². The van der Waals surface area contributed by atoms with Gasteiger partial charge in [-0.15, -0.1) is 0 Å². The third kappa shape index (κ3) is 4.09. The minimum atomic E-state index is -0.373. The number of nitrogens with one attached hydrogen (secondary N) is 1. The number of nitrogens with zero attached hydrogens (tertiary/aromatic N) is 2. The monoisotopic (exact) mass is 336 g/mol. The van der Waals surface area contributed by atoms with Crippen molar-refractivity contribution in [2.75, 3.05) is 5.32 Å². The van der Waals surface area contributed by atoms with Crippen LogP contribution in [0.4, 0.5) is 5.69 Å². The Labute approximate surface area is 126 Å². The number of primary amides is 1. The number of aryl methyl sites for hydroxylation is 2. The summed E-state index contributed by atoms with van der Waals surface area (Å²) in [5, 5.41) is 7.26. The molecule has 0 aliphatic heterocycles. The zero-order chi connectivity index (χ0) is 14.5. The van der Waals surface area contributed by atoms with Gasteiger partial charge in [-0.1, -0.05) is 12.1 Å². The molecule has 0 spiro atoms. The predicted molar refractivity (Wildman–Crippen MR) is 82.4 cm³/mol. The molecule has 0 aliphatic rings. The van der Waals surface area contributed by atoms with Gasteiger partial charge in [0.15, 0.2) is 0 Å². The summed E-state index contributed by atoms with van der Waals surface area (Å²) in [6.45, 7) is 2.57. The Balaban J connectivity index is 1.89. The van der Waals surface area contributed by atoms with Gasteiger partial charge in [0.05, 0.1) is 10.7 Å². The highest BCUT2D eigenvalue weighted by Gasteiger charge is 2.07. The molecular formula is C14H17BrN4O. The summed E-state index contributed by atoms with van der Waals surface area (Å²) in [6.07, 6.45) is 4.63. The molecule has 20 heavy (non-hydrogen) atoms. The molecule has 106 valence electrons. The smallest absolute Gasteiger partial charge is 0.239 e. The first kappa shape index (κ1) is 14.6. The van der Waals surface area contributed by atoms with Gasteiger partial charge in [0.25, 0.3) is 0 Å². The molecule has 1 heterocycles. The van der Waals surface area contributed by atoms with Gasteiger partial charge < -0.3 is 11.1 Å². The zero-order valence-corrected chi connectivity index (χ0v) is 12.8. The minimum absolute atomic E-state index is 0.363. The van der Waals surface area contributed by atoms with E-state index in [1.54, 1.807) is 13.1 Å². The van der Waals surface area contributed by atoms with E-state index in [2.05, 4.69) is 26.3 Å². The molecule has 0 saturated heterocycles. The molecule has 0 saturated carbocycles. The van der Waals surface area contributed by atoms with Crippen LogP contribution in [0.25, 0.3) is 0 Å². The number of hydrogen-bond donors (Lipinski definition) is 2. The molecule has 0 bridgehead atoms. The van der Waals surface area contributed by atoms with Gasteiger partial charge in [-0.3, -0.25) is 9.48 Å². The fourth-order valence-electron chi connectivity index (χ4n) is 1.79. The van der Waals surface area contributed by atoms with Crippen molar-refractivity contribution in [3.05, 3.63) is 46.7 Å². The number of carbonyl (C=O) groups is 1. The standard InChI is InChI=1S/C14H17BrN4O/c1-10(14(16)20)18-13-4-2-11(3-5-13)6-7-19-9-12(15)8-17-19/h2-5,8-10,18H,6-7H2,1H3,(H2,16,20). The maximum Gasteiger partial charge on any atom is 0.239 e. The molecule has 1 aromatic carbocycles. The van der Waals surface area contributed by atoms with Crippen LogP contribution in [0.1, 0.15) is 12.5 Å². The van der Waals surface area contributed by atoms with Gasteiger partial charge in [0, 0.05) is 18.4 Å². The molecule has 1 unspecified atom stereocenters. The van der Waals surface area contributed by atoms with Gasteiger partial charge in [-0.25, -0.2) is 0 Å². The Morgan fingerprint density at radius 2 is 2.15 bits per heavy atom. The summed E-state index contributed by atoms with van der Waals surface area (Å²) in [7, 11) is 0. The van der Waals surface area contributed by atoms with E-state index in [9.17, 15) is 4.79 Å². The molecule has 1 aromatic heterocycles. The molecular weight excluding hydrogens is 320 g/mol. The molecule has 5 nitrogen and oxygen atoms in total. The molecule has 2 aromatic rings. The summed E-state index contributed by atoms with van der Waals surface area (Å²) < 4.78 is 2.88. The van der Waals surface area contributed by atoms with E-state index in [4.69, 9.17) is 5.73 Å². The van der Waals surface area contributed by atoms with Gasteiger partial charge >= 0.3 is 0 Å². The normalized spacial score (nSPS) is 12.1. The Morgan fingerprint density at radius 1 is 1.45 bits per heavy atom. The van der Waals surface area contributed by atoms with Crippen molar-refractivity contribution >= 4 is 27.5 Å². The fraction of sp³-hybridized carbons (Fsp3) is 0.286. The van der Waals surface area contributed by atoms with Gasteiger partial charge in [0.2, 0.25) is 5.91 Å². The van der Waals surface area contributed by atoms with Crippen LogP contribution in [-0.2, 0) is 17.8 Å². The van der Waals surface area contributed by atoms with Crippen molar-refractivity contribution in [3.8, 4) is 0 Å². The van der Waals surface area contributed by atoms with Crippen molar-refractivity contribution < 1.29 is 4.79 Å². The maximum atomic E-state index is 11.0. The van der Waals surface area contributed by atoms with Crippen LogP contribution >= 0.6 is 15.9 Å². The number of anilines is 1. The van der Waals surface area contributed by atoms with Crippen molar-refractivity contribution in [1.82, 2.24) is 9.78 Å². The lowest BCUT2D eigenvalue weighted by molar-refractivity contribution is -0.118. The van der Waals surface area contributed by atoms with Gasteiger partial charge in [-0.05, 0) is 47.0 Å². The van der Waals surface area contributed by atoms with Gasteiger partial charge in [-0.2, -0.15) is 5.10 Å². The Bertz CT molecular complexity index is 579. The summed E-state index contributed by atoms with van der Waals surface area (Å²) in [4.78, 5) is 11.0. The number of benzene rings is 1. The predicted octanol–water partition coefficient (Wildman–Crippen LogP) is 2.17. The van der Waals surface area contributed by atoms with Crippen LogP contribution < -0.4 is 11.1 Å². The molecule has 6 heteroatoms. The number of aromatic nitrogens is 2. The first-order chi connectivity index (χ1) is 9.54. The number of rotatable bonds is 6. The highest BCUT2D eigenvalue weighted by atomic mass is 79.9. The fourth-order valence-corrected chi connectivity index (χ4v) is 2.12. The average molecular weight is 337 g/mol. The highest BCUT2D eigenvalue weighted by molar-refractivity contribution is 9.10. The van der Waals surface area contributed by atoms with E-state index in [0.717, 1.165) is 23.1 Å². The Kier molecular flexibility index (Phi) is 4.79. The molecule has 0 radical (unpaired) electrons. The maximum absolute atomic E-state index is 11.0. The van der Waals surface area contributed by atoms with E-state index in [1.165, 1.54) is 5.56 Å². The summed E-state index contributed by atoms with van der Waals surface area (Å²) in [6, 6.07) is 7.60. The number of nitrogens with two attached hydrogens (primary N) is 1. The quantitative estimate of drug-likeness (QED) is 0.849. The second-order valence-corrected chi connectivity index (χ2v) is 5.55. The van der Waals surface area contributed by atoms with Crippen LogP contribution in [0.15, 0.2) is 41.1 Å². The lowest BCUT2D eigenvalue weighted by Gasteiger charge is -2.12. The summed E-state index contributed by atoms with van der Waals surface area (Å²) >= 11 is 3.37. The van der Waals surface area contributed by atoms with E-state index < -0.39 is 0 Å². The SMILES string of the molecule is CC(Nc1ccc(CCn2cc(Br)cn2)cc1)C(N)=O. The van der Waals surface area contributed by atoms with Crippen molar-refractivity contribution in [1.29, 1.82) is 0 Å². The number of hydrogen-bond acceptors (Lipinski definition) is 3. The van der Waals surface area contributed by atoms with Crippen molar-refractivity contribution in [3.63, 3.8) is 0 Å². The van der Waals surface area contributed by atoms with Crippen LogP contribution in [-0.4, -0.2) is 21.7 Å². The molecule has 1 atom stereocenters. The number of amides is 1. The summed E-state index contributed by atoms with van der Waals surface area (Å²) in [5.74, 6) is -0.363. The third-order valence-corrected chi connectivity index (χ3v) is 3.40. The first-order valence-corrected chi connectivity index (χ1v) is 7.16. The van der Waals surface area contributed by atoms with Crippen molar-refractivity contribution in [2.45, 2.75) is 25.9 Å². The zero-order valence-electron chi connectivity index (χ0n) is 11.2. The minimum Gasteiger partial charge on any atom is -0.374 e. The second kappa shape index (κ2) is 6.56. The van der Waals surface area contributed by atoms with Crippen LogP contribution in [0.5, 0.6) is 0 Å². The van der Waals surface area contributed by atoms with E-state index in [-0.39, 0.29) is 11.9 Å². The third-order valence-electron chi connectivity index (χ3n) is 3.00. The molecule has 0 aliphatic carbocycles. The molecule has 1 amide bonds. The lowest BCUT2D eigenvalue weighted by Crippen LogP contribution is -2.32. The second-order valence-electron chi connectivity index (χ2n) is 4.64. The van der Waals surface area contributed by atoms with Gasteiger partial charge in [0.1, 0.15) is 6.04 Å². The molecule has 3 N–H and O–H groups in total. The molecule has 0 fully saturated rings. The number of carbonyl (C=O) groups excluding carboxylic acids is 1. The van der Waals surface area contributed by atoms with E-state index in [0.29, 0.717) is 0 Å². The van der Waals surface area contributed by atoms with E-state index >= 15 is 0 Å². The van der Waals surface area contributed by atoms with Crippen LogP contribution in [0.3, 0.4) is 0 Å². The summed E-state index contributed by atoms with van der Waals surface area (Å²) in [5.41, 5.74) is 7.32. The largest absolute Gasteiger partial charge is 0.374 e. The highest BCUT2D eigenvalue weighted by Crippen LogP contribution is 2.12. The average Bonchev–Trinajstić information content (AvgIpc) is 2.83. The Morgan fingerprint density at radius 3 is 2.70 bits per heavy atom. The van der Waals surface area contributed by atoms with Crippen LogP contribution in [0, 0.1) is 0 Å². The topological polar surface area (TPSA) is 72.9 Å². The molecule has 2 rings (SSSR count). The first-order valence-electron chi connectivity index (χ1n) is 6.37. The van der Waals surface area contributed by atoms with Crippen LogP contribution in [0.2, 0.25) is 0 Å².